The van der Waals surface area contributed by atoms with E-state index < -0.39 is 0 Å². The van der Waals surface area contributed by atoms with E-state index >= 15 is 0 Å². The van der Waals surface area contributed by atoms with Gasteiger partial charge in [-0.15, -0.1) is 0 Å². The average molecular weight is 292 g/mol. The maximum atomic E-state index is 5.48. The number of aryl methyl sites for hydroxylation is 1. The maximum absolute atomic E-state index is 5.48. The van der Waals surface area contributed by atoms with E-state index in [0.29, 0.717) is 30.9 Å². The zero-order valence-corrected chi connectivity index (χ0v) is 12.7. The van der Waals surface area contributed by atoms with Crippen LogP contribution in [0.1, 0.15) is 38.5 Å². The van der Waals surface area contributed by atoms with Gasteiger partial charge in [0, 0.05) is 6.54 Å². The summed E-state index contributed by atoms with van der Waals surface area (Å²) in [5.74, 6) is 2.22. The molecule has 8 nitrogen and oxygen atoms in total. The van der Waals surface area contributed by atoms with E-state index in [-0.39, 0.29) is 12.1 Å². The predicted molar refractivity (Wildman–Crippen MR) is 78.4 cm³/mol. The van der Waals surface area contributed by atoms with Crippen LogP contribution in [-0.2, 0) is 0 Å². The summed E-state index contributed by atoms with van der Waals surface area (Å²) >= 11 is 0. The molecular formula is C13H20N6O2. The lowest BCUT2D eigenvalue weighted by Crippen LogP contribution is -2.13. The van der Waals surface area contributed by atoms with Crippen molar-refractivity contribution in [2.24, 2.45) is 0 Å². The van der Waals surface area contributed by atoms with E-state index in [9.17, 15) is 0 Å². The molecular weight excluding hydrogens is 272 g/mol. The predicted octanol–water partition coefficient (Wildman–Crippen LogP) is 2.17. The number of rotatable bonds is 7. The molecule has 21 heavy (non-hydrogen) atoms. The number of hydrogen-bond acceptors (Lipinski definition) is 8. The Hall–Kier alpha value is -2.38. The smallest absolute Gasteiger partial charge is 0.323 e. The molecule has 1 atom stereocenters. The zero-order chi connectivity index (χ0) is 15.2. The summed E-state index contributed by atoms with van der Waals surface area (Å²) in [5.41, 5.74) is 0. The number of ether oxygens (including phenoxy) is 1. The van der Waals surface area contributed by atoms with Crippen molar-refractivity contribution in [2.75, 3.05) is 23.8 Å². The lowest BCUT2D eigenvalue weighted by molar-refractivity contribution is 0.312. The van der Waals surface area contributed by atoms with Crippen LogP contribution >= 0.6 is 0 Å². The Kier molecular flexibility index (Phi) is 4.91. The lowest BCUT2D eigenvalue weighted by atomic mass is 10.3. The highest BCUT2D eigenvalue weighted by Gasteiger charge is 2.14. The highest BCUT2D eigenvalue weighted by Crippen LogP contribution is 2.18. The Morgan fingerprint density at radius 3 is 2.62 bits per heavy atom. The zero-order valence-electron chi connectivity index (χ0n) is 12.7. The molecule has 114 valence electrons. The molecule has 1 unspecified atom stereocenters. The van der Waals surface area contributed by atoms with Crippen molar-refractivity contribution in [3.05, 3.63) is 17.8 Å². The number of nitrogens with one attached hydrogen (secondary N) is 2. The van der Waals surface area contributed by atoms with Gasteiger partial charge in [-0.25, -0.2) is 4.98 Å². The quantitative estimate of drug-likeness (QED) is 0.801. The van der Waals surface area contributed by atoms with Crippen LogP contribution in [0.3, 0.4) is 0 Å². The van der Waals surface area contributed by atoms with Crippen molar-refractivity contribution in [1.82, 2.24) is 19.9 Å². The van der Waals surface area contributed by atoms with Gasteiger partial charge in [-0.2, -0.15) is 15.0 Å². The lowest BCUT2D eigenvalue weighted by Gasteiger charge is -2.12. The fourth-order valence-corrected chi connectivity index (χ4v) is 1.68. The molecule has 2 aromatic heterocycles. The van der Waals surface area contributed by atoms with Gasteiger partial charge in [0.2, 0.25) is 17.8 Å². The van der Waals surface area contributed by atoms with E-state index in [4.69, 9.17) is 9.15 Å². The number of nitrogens with zero attached hydrogens (tertiary/aromatic N) is 4. The molecule has 2 rings (SSSR count). The number of hydrogen-bond donors (Lipinski definition) is 2. The Balaban J connectivity index is 2.17. The normalized spacial score (nSPS) is 12.0. The Morgan fingerprint density at radius 1 is 1.24 bits per heavy atom. The molecule has 0 aromatic carbocycles. The number of aromatic nitrogens is 4. The third-order valence-electron chi connectivity index (χ3n) is 2.58. The molecule has 0 bridgehead atoms. The molecule has 2 N–H and O–H groups in total. The number of anilines is 2. The summed E-state index contributed by atoms with van der Waals surface area (Å²) in [6, 6.07) is 0.117. The van der Waals surface area contributed by atoms with Crippen molar-refractivity contribution < 1.29 is 9.15 Å². The van der Waals surface area contributed by atoms with E-state index in [0.717, 1.165) is 5.76 Å². The second kappa shape index (κ2) is 6.87. The second-order valence-corrected chi connectivity index (χ2v) is 4.40. The standard InChI is InChI=1S/C13H20N6O2/c1-5-14-11-17-12(19-13(18-11)20-6-2)16-9(4)10-15-7-8(3)21-10/h7,9H,5-6H2,1-4H3,(H2,14,16,17,18,19). The van der Waals surface area contributed by atoms with Crippen LogP contribution in [0.2, 0.25) is 0 Å². The molecule has 0 radical (unpaired) electrons. The molecule has 0 saturated heterocycles. The molecule has 0 aliphatic heterocycles. The molecule has 2 heterocycles. The van der Waals surface area contributed by atoms with Crippen molar-refractivity contribution in [2.45, 2.75) is 33.7 Å². The van der Waals surface area contributed by atoms with Crippen molar-refractivity contribution in [3.8, 4) is 6.01 Å². The largest absolute Gasteiger partial charge is 0.464 e. The van der Waals surface area contributed by atoms with Gasteiger partial charge < -0.3 is 19.8 Å². The highest BCUT2D eigenvalue weighted by molar-refractivity contribution is 5.36. The molecule has 2 aromatic rings. The first kappa shape index (κ1) is 15.0. The molecule has 0 saturated carbocycles. The number of oxazole rings is 1. The third kappa shape index (κ3) is 4.04. The Bertz CT molecular complexity index is 562. The molecule has 8 heteroatoms. The summed E-state index contributed by atoms with van der Waals surface area (Å²) in [7, 11) is 0. The van der Waals surface area contributed by atoms with Crippen LogP contribution in [0, 0.1) is 6.92 Å². The van der Waals surface area contributed by atoms with Crippen LogP contribution in [-0.4, -0.2) is 33.1 Å². The summed E-state index contributed by atoms with van der Waals surface area (Å²) in [4.78, 5) is 16.8. The fourth-order valence-electron chi connectivity index (χ4n) is 1.68. The van der Waals surface area contributed by atoms with Gasteiger partial charge in [0.25, 0.3) is 0 Å². The van der Waals surface area contributed by atoms with Crippen LogP contribution in [0.4, 0.5) is 11.9 Å². The van der Waals surface area contributed by atoms with Gasteiger partial charge in [-0.3, -0.25) is 0 Å². The summed E-state index contributed by atoms with van der Waals surface area (Å²) in [6.45, 7) is 8.81. The van der Waals surface area contributed by atoms with Gasteiger partial charge in [-0.05, 0) is 27.7 Å². The first-order valence-electron chi connectivity index (χ1n) is 6.94. The van der Waals surface area contributed by atoms with E-state index in [1.54, 1.807) is 6.20 Å². The van der Waals surface area contributed by atoms with Gasteiger partial charge in [0.15, 0.2) is 0 Å². The highest BCUT2D eigenvalue weighted by atomic mass is 16.5. The maximum Gasteiger partial charge on any atom is 0.323 e. The monoisotopic (exact) mass is 292 g/mol. The summed E-state index contributed by atoms with van der Waals surface area (Å²) < 4.78 is 10.8. The van der Waals surface area contributed by atoms with Gasteiger partial charge in [0.1, 0.15) is 11.8 Å². The van der Waals surface area contributed by atoms with E-state index in [2.05, 4.69) is 30.6 Å². The first-order valence-corrected chi connectivity index (χ1v) is 6.94. The third-order valence-corrected chi connectivity index (χ3v) is 2.58. The van der Waals surface area contributed by atoms with Crippen molar-refractivity contribution in [1.29, 1.82) is 0 Å². The topological polar surface area (TPSA) is 98.0 Å². The first-order chi connectivity index (χ1) is 10.1. The average Bonchev–Trinajstić information content (AvgIpc) is 2.86. The molecule has 0 aliphatic carbocycles. The van der Waals surface area contributed by atoms with Crippen LogP contribution < -0.4 is 15.4 Å². The minimum atomic E-state index is -0.162. The van der Waals surface area contributed by atoms with Gasteiger partial charge in [0.05, 0.1) is 12.8 Å². The summed E-state index contributed by atoms with van der Waals surface area (Å²) in [6.07, 6.45) is 1.68. The molecule has 0 aliphatic rings. The van der Waals surface area contributed by atoms with E-state index in [1.807, 2.05) is 27.7 Å². The Labute approximate surface area is 123 Å². The molecule has 0 fully saturated rings. The second-order valence-electron chi connectivity index (χ2n) is 4.40. The Morgan fingerprint density at radius 2 is 2.00 bits per heavy atom. The minimum Gasteiger partial charge on any atom is -0.464 e. The van der Waals surface area contributed by atoms with Crippen LogP contribution in [0.25, 0.3) is 0 Å². The van der Waals surface area contributed by atoms with Gasteiger partial charge >= 0.3 is 6.01 Å². The SMILES string of the molecule is CCNc1nc(NC(C)c2ncc(C)o2)nc(OCC)n1. The fraction of sp³-hybridized carbons (Fsp3) is 0.538. The van der Waals surface area contributed by atoms with Crippen LogP contribution in [0.15, 0.2) is 10.6 Å². The summed E-state index contributed by atoms with van der Waals surface area (Å²) in [5, 5.41) is 6.17. The van der Waals surface area contributed by atoms with E-state index in [1.165, 1.54) is 0 Å². The van der Waals surface area contributed by atoms with Crippen LogP contribution in [0.5, 0.6) is 6.01 Å². The van der Waals surface area contributed by atoms with Gasteiger partial charge in [-0.1, -0.05) is 0 Å². The molecule has 0 spiro atoms. The van der Waals surface area contributed by atoms with Crippen molar-refractivity contribution in [3.63, 3.8) is 0 Å². The molecule has 0 amide bonds. The minimum absolute atomic E-state index is 0.162. The van der Waals surface area contributed by atoms with Crippen molar-refractivity contribution >= 4 is 11.9 Å².